The summed E-state index contributed by atoms with van der Waals surface area (Å²) in [6, 6.07) is 15.4. The third-order valence-electron chi connectivity index (χ3n) is 5.59. The summed E-state index contributed by atoms with van der Waals surface area (Å²) < 4.78 is 26.7. The van der Waals surface area contributed by atoms with Crippen LogP contribution in [0.15, 0.2) is 53.9 Å². The fourth-order valence-corrected chi connectivity index (χ4v) is 4.98. The summed E-state index contributed by atoms with van der Waals surface area (Å²) in [5.41, 5.74) is 3.89. The van der Waals surface area contributed by atoms with Crippen molar-refractivity contribution in [3.05, 3.63) is 70.6 Å². The number of benzene rings is 2. The van der Waals surface area contributed by atoms with Crippen molar-refractivity contribution in [3.63, 3.8) is 0 Å². The van der Waals surface area contributed by atoms with Crippen LogP contribution in [0.4, 0.5) is 5.69 Å². The number of amides is 1. The van der Waals surface area contributed by atoms with Crippen LogP contribution >= 0.6 is 0 Å². The third kappa shape index (κ3) is 5.37. The molecule has 0 spiro atoms. The Labute approximate surface area is 179 Å². The van der Waals surface area contributed by atoms with E-state index < -0.39 is 10.0 Å². The Morgan fingerprint density at radius 3 is 2.37 bits per heavy atom. The minimum absolute atomic E-state index is 0.0249. The maximum absolute atomic E-state index is 12.9. The Bertz CT molecular complexity index is 1010. The predicted octanol–water partition coefficient (Wildman–Crippen LogP) is 4.77. The summed E-state index contributed by atoms with van der Waals surface area (Å²) in [7, 11) is -3.49. The molecule has 1 heterocycles. The lowest BCUT2D eigenvalue weighted by atomic mass is 9.95. The Morgan fingerprint density at radius 2 is 1.73 bits per heavy atom. The quantitative estimate of drug-likeness (QED) is 0.724. The molecule has 2 aromatic rings. The zero-order chi connectivity index (χ0) is 21.7. The van der Waals surface area contributed by atoms with Gasteiger partial charge in [0.25, 0.3) is 0 Å². The second-order valence-corrected chi connectivity index (χ2v) is 9.93. The number of sulfonamides is 1. The molecule has 1 fully saturated rings. The van der Waals surface area contributed by atoms with Crippen LogP contribution in [0.1, 0.15) is 49.3 Å². The first-order chi connectivity index (χ1) is 14.3. The van der Waals surface area contributed by atoms with E-state index in [-0.39, 0.29) is 11.8 Å². The van der Waals surface area contributed by atoms with Gasteiger partial charge in [-0.3, -0.25) is 4.79 Å². The van der Waals surface area contributed by atoms with Crippen molar-refractivity contribution in [1.82, 2.24) is 4.31 Å². The van der Waals surface area contributed by atoms with E-state index in [1.165, 1.54) is 9.71 Å². The largest absolute Gasteiger partial charge is 0.325 e. The van der Waals surface area contributed by atoms with Gasteiger partial charge in [-0.25, -0.2) is 8.42 Å². The molecule has 1 amide bonds. The summed E-state index contributed by atoms with van der Waals surface area (Å²) in [6.07, 6.45) is 2.65. The van der Waals surface area contributed by atoms with Crippen molar-refractivity contribution in [3.8, 4) is 0 Å². The number of hydrogen-bond donors (Lipinski definition) is 1. The zero-order valence-electron chi connectivity index (χ0n) is 17.8. The van der Waals surface area contributed by atoms with Crippen LogP contribution in [0.2, 0.25) is 0 Å². The van der Waals surface area contributed by atoms with Crippen LogP contribution in [0, 0.1) is 12.8 Å². The minimum Gasteiger partial charge on any atom is -0.325 e. The number of anilines is 1. The van der Waals surface area contributed by atoms with Crippen molar-refractivity contribution in [2.45, 2.75) is 39.5 Å². The Hall–Kier alpha value is -2.44. The van der Waals surface area contributed by atoms with E-state index in [1.807, 2.05) is 55.5 Å². The Morgan fingerprint density at radius 1 is 1.07 bits per heavy atom. The highest BCUT2D eigenvalue weighted by atomic mass is 32.2. The molecule has 2 aromatic carbocycles. The van der Waals surface area contributed by atoms with E-state index in [9.17, 15) is 13.2 Å². The number of rotatable bonds is 6. The normalized spacial score (nSPS) is 16.3. The number of piperidine rings is 1. The second-order valence-electron chi connectivity index (χ2n) is 8.11. The van der Waals surface area contributed by atoms with Crippen LogP contribution in [0.3, 0.4) is 0 Å². The average molecular weight is 427 g/mol. The van der Waals surface area contributed by atoms with Gasteiger partial charge in [-0.1, -0.05) is 62.4 Å². The van der Waals surface area contributed by atoms with E-state index in [0.29, 0.717) is 31.8 Å². The zero-order valence-corrected chi connectivity index (χ0v) is 18.7. The Balaban J connectivity index is 1.62. The van der Waals surface area contributed by atoms with Crippen molar-refractivity contribution < 1.29 is 13.2 Å². The van der Waals surface area contributed by atoms with Gasteiger partial charge in [0.1, 0.15) is 0 Å². The van der Waals surface area contributed by atoms with Crippen molar-refractivity contribution in [2.75, 3.05) is 18.4 Å². The molecule has 1 N–H and O–H groups in total. The molecular formula is C24H30N2O3S. The maximum atomic E-state index is 12.9. The first-order valence-electron chi connectivity index (χ1n) is 10.4. The van der Waals surface area contributed by atoms with E-state index in [2.05, 4.69) is 19.2 Å². The molecule has 3 rings (SSSR count). The molecule has 0 atom stereocenters. The molecule has 1 saturated heterocycles. The number of aryl methyl sites for hydroxylation is 1. The SMILES string of the molecule is Cc1cccc(C(C)C)c1NC(=O)C1CCN(S(=O)(=O)/C=C/c2ccccc2)CC1. The summed E-state index contributed by atoms with van der Waals surface area (Å²) in [5.74, 6) is 0.0980. The molecule has 0 aliphatic carbocycles. The van der Waals surface area contributed by atoms with Crippen LogP contribution in [0.5, 0.6) is 0 Å². The summed E-state index contributed by atoms with van der Waals surface area (Å²) >= 11 is 0. The summed E-state index contributed by atoms with van der Waals surface area (Å²) in [5, 5.41) is 4.36. The topological polar surface area (TPSA) is 66.5 Å². The van der Waals surface area contributed by atoms with Gasteiger partial charge in [0.2, 0.25) is 15.9 Å². The molecule has 0 saturated carbocycles. The van der Waals surface area contributed by atoms with Crippen LogP contribution < -0.4 is 5.32 Å². The van der Waals surface area contributed by atoms with Gasteiger partial charge in [0, 0.05) is 30.1 Å². The molecule has 1 aliphatic rings. The van der Waals surface area contributed by atoms with Crippen molar-refractivity contribution in [2.24, 2.45) is 5.92 Å². The molecule has 0 unspecified atom stereocenters. The third-order valence-corrected chi connectivity index (χ3v) is 7.16. The van der Waals surface area contributed by atoms with Gasteiger partial charge in [-0.2, -0.15) is 4.31 Å². The van der Waals surface area contributed by atoms with Crippen LogP contribution in [0.25, 0.3) is 6.08 Å². The monoisotopic (exact) mass is 426 g/mol. The highest BCUT2D eigenvalue weighted by molar-refractivity contribution is 7.92. The van der Waals surface area contributed by atoms with Gasteiger partial charge in [-0.05, 0) is 48.4 Å². The molecule has 6 heteroatoms. The molecule has 5 nitrogen and oxygen atoms in total. The smallest absolute Gasteiger partial charge is 0.236 e. The van der Waals surface area contributed by atoms with E-state index in [0.717, 1.165) is 22.4 Å². The van der Waals surface area contributed by atoms with Crippen LogP contribution in [-0.4, -0.2) is 31.7 Å². The minimum atomic E-state index is -3.49. The number of carbonyl (C=O) groups excluding carboxylic acids is 1. The lowest BCUT2D eigenvalue weighted by Gasteiger charge is -2.30. The summed E-state index contributed by atoms with van der Waals surface area (Å²) in [4.78, 5) is 12.9. The Kier molecular flexibility index (Phi) is 7.10. The van der Waals surface area contributed by atoms with E-state index in [4.69, 9.17) is 0 Å². The number of carbonyl (C=O) groups is 1. The molecule has 1 aliphatic heterocycles. The molecule has 0 bridgehead atoms. The lowest BCUT2D eigenvalue weighted by molar-refractivity contribution is -0.120. The number of nitrogens with zero attached hydrogens (tertiary/aromatic N) is 1. The molecular weight excluding hydrogens is 396 g/mol. The van der Waals surface area contributed by atoms with Crippen molar-refractivity contribution in [1.29, 1.82) is 0 Å². The van der Waals surface area contributed by atoms with Gasteiger partial charge >= 0.3 is 0 Å². The fourth-order valence-electron chi connectivity index (χ4n) is 3.75. The number of hydrogen-bond acceptors (Lipinski definition) is 3. The van der Waals surface area contributed by atoms with E-state index >= 15 is 0 Å². The molecule has 30 heavy (non-hydrogen) atoms. The predicted molar refractivity (Wildman–Crippen MR) is 123 cm³/mol. The average Bonchev–Trinajstić information content (AvgIpc) is 2.74. The number of nitrogens with one attached hydrogen (secondary N) is 1. The molecule has 0 radical (unpaired) electrons. The van der Waals surface area contributed by atoms with Gasteiger partial charge in [0.15, 0.2) is 0 Å². The lowest BCUT2D eigenvalue weighted by Crippen LogP contribution is -2.40. The van der Waals surface area contributed by atoms with Gasteiger partial charge in [0.05, 0.1) is 0 Å². The maximum Gasteiger partial charge on any atom is 0.236 e. The highest BCUT2D eigenvalue weighted by Crippen LogP contribution is 2.29. The number of para-hydroxylation sites is 1. The van der Waals surface area contributed by atoms with Gasteiger partial charge in [-0.15, -0.1) is 0 Å². The first kappa shape index (κ1) is 22.2. The summed E-state index contributed by atoms with van der Waals surface area (Å²) in [6.45, 7) is 6.91. The molecule has 0 aromatic heterocycles. The first-order valence-corrected chi connectivity index (χ1v) is 11.9. The van der Waals surface area contributed by atoms with Gasteiger partial charge < -0.3 is 5.32 Å². The van der Waals surface area contributed by atoms with E-state index in [1.54, 1.807) is 6.08 Å². The second kappa shape index (κ2) is 9.58. The van der Waals surface area contributed by atoms with Crippen molar-refractivity contribution >= 4 is 27.7 Å². The standard InChI is InChI=1S/C24H30N2O3S/c1-18(2)22-11-7-8-19(3)23(22)25-24(27)21-12-15-26(16-13-21)30(28,29)17-14-20-9-5-4-6-10-20/h4-11,14,17-18,21H,12-13,15-16H2,1-3H3,(H,25,27)/b17-14+. The van der Waals surface area contributed by atoms with Crippen LogP contribution in [-0.2, 0) is 14.8 Å². The fraction of sp³-hybridized carbons (Fsp3) is 0.375. The highest BCUT2D eigenvalue weighted by Gasteiger charge is 2.30. The molecule has 160 valence electrons.